The van der Waals surface area contributed by atoms with E-state index < -0.39 is 0 Å². The van der Waals surface area contributed by atoms with Crippen LogP contribution in [0.4, 0.5) is 6.01 Å². The van der Waals surface area contributed by atoms with Crippen LogP contribution in [0, 0.1) is 5.92 Å². The van der Waals surface area contributed by atoms with Crippen LogP contribution in [0.1, 0.15) is 23.3 Å². The molecular formula is C13H16N6O3S. The van der Waals surface area contributed by atoms with Gasteiger partial charge in [-0.15, -0.1) is 10.2 Å². The fourth-order valence-electron chi connectivity index (χ4n) is 1.79. The van der Waals surface area contributed by atoms with Crippen LogP contribution in [0.5, 0.6) is 0 Å². The molecule has 1 saturated carbocycles. The van der Waals surface area contributed by atoms with Crippen molar-refractivity contribution in [2.75, 3.05) is 17.6 Å². The van der Waals surface area contributed by atoms with Gasteiger partial charge in [0.15, 0.2) is 10.9 Å². The summed E-state index contributed by atoms with van der Waals surface area (Å²) in [5.74, 6) is 0.247. The molecule has 1 fully saturated rings. The normalized spacial score (nSPS) is 13.8. The van der Waals surface area contributed by atoms with Crippen LogP contribution in [0.15, 0.2) is 22.2 Å². The smallest absolute Gasteiger partial charge is 0.302 e. The highest BCUT2D eigenvalue weighted by Gasteiger charge is 2.30. The Hall–Kier alpha value is -2.36. The number of carbonyl (C=O) groups is 2. The number of carbonyl (C=O) groups excluding carboxylic acids is 2. The molecule has 0 unspecified atom stereocenters. The Bertz CT molecular complexity index is 708. The van der Waals surface area contributed by atoms with E-state index in [1.54, 1.807) is 10.9 Å². The number of amides is 2. The lowest BCUT2D eigenvalue weighted by Gasteiger charge is -2.02. The molecular weight excluding hydrogens is 320 g/mol. The molecule has 122 valence electrons. The molecule has 0 saturated heterocycles. The van der Waals surface area contributed by atoms with E-state index in [4.69, 9.17) is 4.42 Å². The van der Waals surface area contributed by atoms with Crippen molar-refractivity contribution in [3.05, 3.63) is 18.3 Å². The highest BCUT2D eigenvalue weighted by Crippen LogP contribution is 2.30. The van der Waals surface area contributed by atoms with Gasteiger partial charge in [0.25, 0.3) is 5.91 Å². The SMILES string of the molecule is Cn1cnnc1SCCNC(=O)c1coc(NC(=O)C2CC2)n1. The molecule has 2 amide bonds. The number of hydrogen-bond acceptors (Lipinski definition) is 7. The van der Waals surface area contributed by atoms with E-state index in [-0.39, 0.29) is 29.4 Å². The third-order valence-corrected chi connectivity index (χ3v) is 4.24. The first-order valence-corrected chi connectivity index (χ1v) is 8.13. The van der Waals surface area contributed by atoms with Crippen LogP contribution in [0.2, 0.25) is 0 Å². The van der Waals surface area contributed by atoms with Gasteiger partial charge < -0.3 is 14.3 Å². The number of rotatable bonds is 7. The molecule has 0 bridgehead atoms. The second-order valence-corrected chi connectivity index (χ2v) is 6.19. The number of aromatic nitrogens is 4. The maximum absolute atomic E-state index is 11.9. The van der Waals surface area contributed by atoms with Crippen LogP contribution < -0.4 is 10.6 Å². The van der Waals surface area contributed by atoms with E-state index in [0.717, 1.165) is 18.0 Å². The topological polar surface area (TPSA) is 115 Å². The molecule has 0 radical (unpaired) electrons. The minimum atomic E-state index is -0.348. The van der Waals surface area contributed by atoms with Gasteiger partial charge >= 0.3 is 6.01 Å². The summed E-state index contributed by atoms with van der Waals surface area (Å²) in [5, 5.41) is 13.8. The summed E-state index contributed by atoms with van der Waals surface area (Å²) >= 11 is 1.49. The Balaban J connectivity index is 1.42. The molecule has 0 aromatic carbocycles. The lowest BCUT2D eigenvalue weighted by atomic mass is 10.4. The van der Waals surface area contributed by atoms with Crippen molar-refractivity contribution >= 4 is 29.6 Å². The second-order valence-electron chi connectivity index (χ2n) is 5.13. The minimum Gasteiger partial charge on any atom is -0.431 e. The third kappa shape index (κ3) is 4.09. The first kappa shape index (κ1) is 15.5. The summed E-state index contributed by atoms with van der Waals surface area (Å²) in [7, 11) is 1.85. The third-order valence-electron chi connectivity index (χ3n) is 3.20. The Labute approximate surface area is 136 Å². The largest absolute Gasteiger partial charge is 0.431 e. The van der Waals surface area contributed by atoms with E-state index in [1.165, 1.54) is 18.0 Å². The monoisotopic (exact) mass is 336 g/mol. The van der Waals surface area contributed by atoms with E-state index in [9.17, 15) is 9.59 Å². The zero-order valence-electron chi connectivity index (χ0n) is 12.5. The minimum absolute atomic E-state index is 0.0526. The number of thioether (sulfide) groups is 1. The van der Waals surface area contributed by atoms with Gasteiger partial charge in [-0.25, -0.2) is 0 Å². The number of nitrogens with one attached hydrogen (secondary N) is 2. The fourth-order valence-corrected chi connectivity index (χ4v) is 2.53. The van der Waals surface area contributed by atoms with E-state index >= 15 is 0 Å². The molecule has 2 N–H and O–H groups in total. The maximum atomic E-state index is 11.9. The van der Waals surface area contributed by atoms with Gasteiger partial charge in [-0.1, -0.05) is 11.8 Å². The summed E-state index contributed by atoms with van der Waals surface area (Å²) in [5.41, 5.74) is 0.139. The van der Waals surface area contributed by atoms with Crippen molar-refractivity contribution in [1.29, 1.82) is 0 Å². The lowest BCUT2D eigenvalue weighted by Crippen LogP contribution is -2.26. The molecule has 1 aliphatic carbocycles. The lowest BCUT2D eigenvalue weighted by molar-refractivity contribution is -0.117. The molecule has 0 aliphatic heterocycles. The molecule has 3 rings (SSSR count). The van der Waals surface area contributed by atoms with Gasteiger partial charge in [0.2, 0.25) is 5.91 Å². The van der Waals surface area contributed by atoms with Crippen molar-refractivity contribution in [2.45, 2.75) is 18.0 Å². The van der Waals surface area contributed by atoms with Gasteiger partial charge in [-0.2, -0.15) is 4.98 Å². The Morgan fingerprint density at radius 2 is 2.30 bits per heavy atom. The first-order valence-electron chi connectivity index (χ1n) is 7.15. The average molecular weight is 336 g/mol. The number of aryl methyl sites for hydroxylation is 1. The van der Waals surface area contributed by atoms with Crippen molar-refractivity contribution in [3.8, 4) is 0 Å². The van der Waals surface area contributed by atoms with Gasteiger partial charge in [0.1, 0.15) is 12.6 Å². The first-order chi connectivity index (χ1) is 11.1. The molecule has 1 aliphatic rings. The molecule has 0 atom stereocenters. The van der Waals surface area contributed by atoms with Crippen molar-refractivity contribution in [3.63, 3.8) is 0 Å². The number of oxazole rings is 1. The summed E-state index contributed by atoms with van der Waals surface area (Å²) in [4.78, 5) is 27.5. The van der Waals surface area contributed by atoms with Gasteiger partial charge in [0, 0.05) is 25.3 Å². The van der Waals surface area contributed by atoms with Gasteiger partial charge in [-0.05, 0) is 12.8 Å². The molecule has 9 nitrogen and oxygen atoms in total. The molecule has 10 heteroatoms. The highest BCUT2D eigenvalue weighted by atomic mass is 32.2. The Morgan fingerprint density at radius 3 is 3.00 bits per heavy atom. The molecule has 0 spiro atoms. The van der Waals surface area contributed by atoms with Crippen LogP contribution in [-0.4, -0.2) is 43.9 Å². The fraction of sp³-hybridized carbons (Fsp3) is 0.462. The predicted molar refractivity (Wildman–Crippen MR) is 81.9 cm³/mol. The summed E-state index contributed by atoms with van der Waals surface area (Å²) in [6.07, 6.45) is 4.63. The predicted octanol–water partition coefficient (Wildman–Crippen LogP) is 0.674. The quantitative estimate of drug-likeness (QED) is 0.564. The summed E-state index contributed by atoms with van der Waals surface area (Å²) in [6.45, 7) is 0.451. The molecule has 23 heavy (non-hydrogen) atoms. The molecule has 2 aromatic heterocycles. The zero-order valence-corrected chi connectivity index (χ0v) is 13.3. The van der Waals surface area contributed by atoms with Gasteiger partial charge in [-0.3, -0.25) is 14.9 Å². The zero-order chi connectivity index (χ0) is 16.2. The summed E-state index contributed by atoms with van der Waals surface area (Å²) in [6, 6.07) is 0.0560. The van der Waals surface area contributed by atoms with Gasteiger partial charge in [0.05, 0.1) is 0 Å². The Morgan fingerprint density at radius 1 is 1.48 bits per heavy atom. The number of hydrogen-bond donors (Lipinski definition) is 2. The van der Waals surface area contributed by atoms with Crippen molar-refractivity contribution < 1.29 is 14.0 Å². The van der Waals surface area contributed by atoms with Crippen LogP contribution in [0.25, 0.3) is 0 Å². The number of anilines is 1. The highest BCUT2D eigenvalue weighted by molar-refractivity contribution is 7.99. The van der Waals surface area contributed by atoms with Crippen molar-refractivity contribution in [2.24, 2.45) is 13.0 Å². The summed E-state index contributed by atoms with van der Waals surface area (Å²) < 4.78 is 6.89. The Kier molecular flexibility index (Phi) is 4.60. The second kappa shape index (κ2) is 6.82. The van der Waals surface area contributed by atoms with Crippen molar-refractivity contribution in [1.82, 2.24) is 25.1 Å². The number of nitrogens with zero attached hydrogens (tertiary/aromatic N) is 4. The standard InChI is InChI=1S/C13H16N6O3S/c1-19-7-15-18-13(19)23-5-4-14-11(21)9-6-22-12(16-9)17-10(20)8-2-3-8/h6-8H,2-5H2,1H3,(H,14,21)(H,16,17,20). The molecule has 2 heterocycles. The van der Waals surface area contributed by atoms with Crippen LogP contribution in [0.3, 0.4) is 0 Å². The van der Waals surface area contributed by atoms with E-state index in [2.05, 4.69) is 25.8 Å². The van der Waals surface area contributed by atoms with E-state index in [0.29, 0.717) is 12.3 Å². The van der Waals surface area contributed by atoms with Crippen LogP contribution >= 0.6 is 11.8 Å². The molecule has 2 aromatic rings. The average Bonchev–Trinajstić information content (AvgIpc) is 3.16. The van der Waals surface area contributed by atoms with Crippen LogP contribution in [-0.2, 0) is 11.8 Å². The van der Waals surface area contributed by atoms with E-state index in [1.807, 2.05) is 7.05 Å². The maximum Gasteiger partial charge on any atom is 0.302 e.